The van der Waals surface area contributed by atoms with Gasteiger partial charge in [0.1, 0.15) is 5.82 Å². The van der Waals surface area contributed by atoms with E-state index in [1.165, 1.54) is 12.1 Å². The summed E-state index contributed by atoms with van der Waals surface area (Å²) in [7, 11) is 0. The van der Waals surface area contributed by atoms with Gasteiger partial charge in [-0.3, -0.25) is 4.79 Å². The molecule has 0 saturated carbocycles. The molecule has 0 fully saturated rings. The van der Waals surface area contributed by atoms with Crippen molar-refractivity contribution in [2.75, 3.05) is 6.54 Å². The van der Waals surface area contributed by atoms with Crippen molar-refractivity contribution in [3.05, 3.63) is 35.6 Å². The lowest BCUT2D eigenvalue weighted by atomic mass is 9.95. The number of rotatable bonds is 4. The summed E-state index contributed by atoms with van der Waals surface area (Å²) in [5, 5.41) is 0. The van der Waals surface area contributed by atoms with E-state index in [9.17, 15) is 9.18 Å². The van der Waals surface area contributed by atoms with Crippen molar-refractivity contribution < 1.29 is 9.18 Å². The average Bonchev–Trinajstić information content (AvgIpc) is 2.20. The van der Waals surface area contributed by atoms with E-state index in [1.807, 2.05) is 6.92 Å². The summed E-state index contributed by atoms with van der Waals surface area (Å²) in [6.07, 6.45) is 0.643. The largest absolute Gasteiger partial charge is 0.330 e. The van der Waals surface area contributed by atoms with E-state index < -0.39 is 5.82 Å². The maximum Gasteiger partial charge on any atom is 0.170 e. The zero-order valence-corrected chi connectivity index (χ0v) is 8.16. The molecular weight excluding hydrogens is 181 g/mol. The molecule has 0 radical (unpaired) electrons. The summed E-state index contributed by atoms with van der Waals surface area (Å²) in [4.78, 5) is 11.7. The van der Waals surface area contributed by atoms with E-state index in [0.717, 1.165) is 0 Å². The molecule has 1 unspecified atom stereocenters. The Hall–Kier alpha value is -1.22. The first-order valence-corrected chi connectivity index (χ1v) is 4.69. The average molecular weight is 195 g/mol. The van der Waals surface area contributed by atoms with Crippen LogP contribution in [0.4, 0.5) is 4.39 Å². The minimum atomic E-state index is -0.468. The molecule has 0 amide bonds. The van der Waals surface area contributed by atoms with Gasteiger partial charge in [-0.05, 0) is 18.6 Å². The van der Waals surface area contributed by atoms with Crippen LogP contribution in [0.1, 0.15) is 23.7 Å². The number of carbonyl (C=O) groups excluding carboxylic acids is 1. The Labute approximate surface area is 82.9 Å². The number of carbonyl (C=O) groups is 1. The first-order valence-electron chi connectivity index (χ1n) is 4.69. The molecule has 1 rings (SSSR count). The molecule has 0 bridgehead atoms. The molecule has 0 heterocycles. The zero-order valence-electron chi connectivity index (χ0n) is 8.16. The van der Waals surface area contributed by atoms with Crippen LogP contribution in [-0.4, -0.2) is 12.3 Å². The maximum atomic E-state index is 13.2. The van der Waals surface area contributed by atoms with E-state index in [0.29, 0.717) is 6.42 Å². The number of benzene rings is 1. The number of nitrogens with two attached hydrogens (primary N) is 1. The van der Waals surface area contributed by atoms with Gasteiger partial charge in [-0.2, -0.15) is 0 Å². The maximum absolute atomic E-state index is 13.2. The number of hydrogen-bond donors (Lipinski definition) is 1. The Morgan fingerprint density at radius 1 is 1.50 bits per heavy atom. The molecule has 0 aliphatic rings. The van der Waals surface area contributed by atoms with Gasteiger partial charge in [0, 0.05) is 12.5 Å². The van der Waals surface area contributed by atoms with E-state index in [2.05, 4.69) is 0 Å². The van der Waals surface area contributed by atoms with Crippen molar-refractivity contribution in [1.82, 2.24) is 0 Å². The van der Waals surface area contributed by atoms with Gasteiger partial charge >= 0.3 is 0 Å². The summed E-state index contributed by atoms with van der Waals surface area (Å²) >= 11 is 0. The first-order chi connectivity index (χ1) is 6.70. The molecule has 2 N–H and O–H groups in total. The summed E-state index contributed by atoms with van der Waals surface area (Å²) < 4.78 is 13.2. The zero-order chi connectivity index (χ0) is 10.6. The van der Waals surface area contributed by atoms with Crippen LogP contribution in [-0.2, 0) is 0 Å². The van der Waals surface area contributed by atoms with Crippen molar-refractivity contribution in [3.8, 4) is 0 Å². The summed E-state index contributed by atoms with van der Waals surface area (Å²) in [6.45, 7) is 2.14. The molecule has 0 saturated heterocycles. The Bertz CT molecular complexity index is 321. The van der Waals surface area contributed by atoms with Crippen molar-refractivity contribution in [2.24, 2.45) is 11.7 Å². The Balaban J connectivity index is 2.94. The van der Waals surface area contributed by atoms with E-state index in [-0.39, 0.29) is 23.8 Å². The molecule has 1 aromatic carbocycles. The van der Waals surface area contributed by atoms with Gasteiger partial charge in [0.2, 0.25) is 0 Å². The standard InChI is InChI=1S/C11H14FNO/c1-2-8(7-13)11(14)9-5-3-4-6-10(9)12/h3-6,8H,2,7,13H2,1H3. The topological polar surface area (TPSA) is 43.1 Å². The second-order valence-corrected chi connectivity index (χ2v) is 3.18. The normalized spacial score (nSPS) is 12.5. The highest BCUT2D eigenvalue weighted by molar-refractivity contribution is 5.98. The molecule has 14 heavy (non-hydrogen) atoms. The highest BCUT2D eigenvalue weighted by atomic mass is 19.1. The van der Waals surface area contributed by atoms with Gasteiger partial charge in [-0.1, -0.05) is 19.1 Å². The third-order valence-electron chi connectivity index (χ3n) is 2.29. The molecule has 1 aromatic rings. The molecule has 0 aliphatic heterocycles. The van der Waals surface area contributed by atoms with Gasteiger partial charge < -0.3 is 5.73 Å². The Kier molecular flexibility index (Phi) is 3.77. The fraction of sp³-hybridized carbons (Fsp3) is 0.364. The summed E-state index contributed by atoms with van der Waals surface area (Å²) in [5.74, 6) is -0.940. The van der Waals surface area contributed by atoms with Crippen molar-refractivity contribution >= 4 is 5.78 Å². The molecule has 1 atom stereocenters. The second-order valence-electron chi connectivity index (χ2n) is 3.18. The second kappa shape index (κ2) is 4.86. The highest BCUT2D eigenvalue weighted by Gasteiger charge is 2.19. The smallest absolute Gasteiger partial charge is 0.170 e. The predicted octanol–water partition coefficient (Wildman–Crippen LogP) is 1.99. The van der Waals surface area contributed by atoms with Crippen LogP contribution in [0.15, 0.2) is 24.3 Å². The van der Waals surface area contributed by atoms with E-state index in [1.54, 1.807) is 12.1 Å². The molecule has 2 nitrogen and oxygen atoms in total. The Morgan fingerprint density at radius 3 is 2.64 bits per heavy atom. The van der Waals surface area contributed by atoms with Crippen molar-refractivity contribution in [3.63, 3.8) is 0 Å². The van der Waals surface area contributed by atoms with Gasteiger partial charge in [0.15, 0.2) is 5.78 Å². The molecular formula is C11H14FNO. The fourth-order valence-corrected chi connectivity index (χ4v) is 1.34. The number of ketones is 1. The van der Waals surface area contributed by atoms with Crippen LogP contribution in [0.3, 0.4) is 0 Å². The third kappa shape index (κ3) is 2.17. The van der Waals surface area contributed by atoms with Gasteiger partial charge in [-0.25, -0.2) is 4.39 Å². The fourth-order valence-electron chi connectivity index (χ4n) is 1.34. The molecule has 0 aromatic heterocycles. The van der Waals surface area contributed by atoms with Crippen molar-refractivity contribution in [2.45, 2.75) is 13.3 Å². The summed E-state index contributed by atoms with van der Waals surface area (Å²) in [6, 6.07) is 6.00. The highest BCUT2D eigenvalue weighted by Crippen LogP contribution is 2.14. The van der Waals surface area contributed by atoms with Crippen LogP contribution in [0.25, 0.3) is 0 Å². The van der Waals surface area contributed by atoms with Crippen LogP contribution in [0.2, 0.25) is 0 Å². The van der Waals surface area contributed by atoms with E-state index in [4.69, 9.17) is 5.73 Å². The monoisotopic (exact) mass is 195 g/mol. The quantitative estimate of drug-likeness (QED) is 0.746. The minimum absolute atomic E-state index is 0.143. The molecule has 0 aliphatic carbocycles. The lowest BCUT2D eigenvalue weighted by Gasteiger charge is -2.10. The van der Waals surface area contributed by atoms with Crippen LogP contribution >= 0.6 is 0 Å². The van der Waals surface area contributed by atoms with Crippen LogP contribution < -0.4 is 5.73 Å². The summed E-state index contributed by atoms with van der Waals surface area (Å²) in [5.41, 5.74) is 5.57. The van der Waals surface area contributed by atoms with Gasteiger partial charge in [-0.15, -0.1) is 0 Å². The van der Waals surface area contributed by atoms with Crippen LogP contribution in [0, 0.1) is 11.7 Å². The minimum Gasteiger partial charge on any atom is -0.330 e. The van der Waals surface area contributed by atoms with Gasteiger partial charge in [0.25, 0.3) is 0 Å². The molecule has 3 heteroatoms. The van der Waals surface area contributed by atoms with Crippen molar-refractivity contribution in [1.29, 1.82) is 0 Å². The predicted molar refractivity (Wildman–Crippen MR) is 53.6 cm³/mol. The number of hydrogen-bond acceptors (Lipinski definition) is 2. The van der Waals surface area contributed by atoms with E-state index >= 15 is 0 Å². The lowest BCUT2D eigenvalue weighted by Crippen LogP contribution is -2.23. The molecule has 0 spiro atoms. The van der Waals surface area contributed by atoms with Crippen LogP contribution in [0.5, 0.6) is 0 Å². The number of Topliss-reactive ketones (excluding diaryl/α,β-unsaturated/α-hetero) is 1. The third-order valence-corrected chi connectivity index (χ3v) is 2.29. The lowest BCUT2D eigenvalue weighted by molar-refractivity contribution is 0.0917. The SMILES string of the molecule is CCC(CN)C(=O)c1ccccc1F. The Morgan fingerprint density at radius 2 is 2.14 bits per heavy atom. The number of halogens is 1. The van der Waals surface area contributed by atoms with Gasteiger partial charge in [0.05, 0.1) is 5.56 Å². The molecule has 76 valence electrons. The first kappa shape index (κ1) is 10.9.